The molecule has 0 spiro atoms. The molecule has 0 saturated heterocycles. The van der Waals surface area contributed by atoms with Gasteiger partial charge in [-0.3, -0.25) is 4.68 Å². The second kappa shape index (κ2) is 7.97. The topological polar surface area (TPSA) is 88.9 Å². The summed E-state index contributed by atoms with van der Waals surface area (Å²) in [7, 11) is -0.313. The lowest BCUT2D eigenvalue weighted by atomic mass is 10.1. The third-order valence-electron chi connectivity index (χ3n) is 4.28. The van der Waals surface area contributed by atoms with Crippen molar-refractivity contribution in [3.05, 3.63) is 24.0 Å². The van der Waals surface area contributed by atoms with Crippen LogP contribution in [-0.4, -0.2) is 36.3 Å². The van der Waals surface area contributed by atoms with Gasteiger partial charge in [-0.15, -0.1) is 0 Å². The van der Waals surface area contributed by atoms with Crippen molar-refractivity contribution in [1.29, 1.82) is 0 Å². The molecule has 8 heteroatoms. The van der Waals surface area contributed by atoms with Crippen LogP contribution in [0.4, 0.5) is 5.69 Å². The van der Waals surface area contributed by atoms with E-state index in [-0.39, 0.29) is 7.75 Å². The van der Waals surface area contributed by atoms with Crippen molar-refractivity contribution in [2.45, 2.75) is 51.0 Å². The van der Waals surface area contributed by atoms with Crippen LogP contribution < -0.4 is 10.0 Å². The van der Waals surface area contributed by atoms with Crippen molar-refractivity contribution >= 4 is 15.7 Å². The number of sulfonamides is 1. The van der Waals surface area contributed by atoms with Gasteiger partial charge >= 0.3 is 0 Å². The molecule has 1 heterocycles. The van der Waals surface area contributed by atoms with Crippen LogP contribution in [0, 0.1) is 6.92 Å². The van der Waals surface area contributed by atoms with Gasteiger partial charge in [0.05, 0.1) is 4.90 Å². The Bertz CT molecular complexity index is 820. The fraction of sp³-hybridized carbons (Fsp3) is 0.529. The first kappa shape index (κ1) is 19.4. The van der Waals surface area contributed by atoms with E-state index in [1.165, 1.54) is 7.05 Å². The quantitative estimate of drug-likeness (QED) is 0.746. The number of aryl methyl sites for hydroxylation is 2. The number of hydrogen-bond acceptors (Lipinski definition) is 5. The van der Waals surface area contributed by atoms with E-state index in [0.717, 1.165) is 30.8 Å². The highest BCUT2D eigenvalue weighted by Crippen LogP contribution is 2.30. The first-order valence-corrected chi connectivity index (χ1v) is 10.0. The predicted molar refractivity (Wildman–Crippen MR) is 104 cm³/mol. The second-order valence-corrected chi connectivity index (χ2v) is 7.95. The molecule has 0 aliphatic rings. The molecule has 0 fully saturated rings. The minimum Gasteiger partial charge on any atom is -0.382 e. The molecule has 0 aliphatic heterocycles. The van der Waals surface area contributed by atoms with Crippen molar-refractivity contribution in [1.82, 2.24) is 19.5 Å². The zero-order valence-corrected chi connectivity index (χ0v) is 16.3. The van der Waals surface area contributed by atoms with E-state index in [0.29, 0.717) is 17.4 Å². The molecule has 1 aromatic heterocycles. The SMILES string of the molecule is CCCC(CC)Nc1ccc(S(=O)(=O)NC)cc1-c1nc(C)n(C)n1.[HH].[HH]. The summed E-state index contributed by atoms with van der Waals surface area (Å²) in [5, 5.41) is 7.94. The van der Waals surface area contributed by atoms with Crippen LogP contribution >= 0.6 is 0 Å². The molecule has 0 radical (unpaired) electrons. The van der Waals surface area contributed by atoms with Crippen molar-refractivity contribution in [3.63, 3.8) is 0 Å². The minimum atomic E-state index is -3.53. The monoisotopic (exact) mass is 369 g/mol. The van der Waals surface area contributed by atoms with Gasteiger partial charge in [0.25, 0.3) is 0 Å². The summed E-state index contributed by atoms with van der Waals surface area (Å²) in [6, 6.07) is 5.34. The van der Waals surface area contributed by atoms with Gasteiger partial charge < -0.3 is 5.32 Å². The Morgan fingerprint density at radius 1 is 1.32 bits per heavy atom. The zero-order valence-electron chi connectivity index (χ0n) is 15.5. The third-order valence-corrected chi connectivity index (χ3v) is 5.69. The molecule has 7 nitrogen and oxygen atoms in total. The fourth-order valence-corrected chi connectivity index (χ4v) is 3.40. The van der Waals surface area contributed by atoms with Crippen LogP contribution in [-0.2, 0) is 17.1 Å². The normalized spacial score (nSPS) is 13.0. The molecule has 0 aliphatic carbocycles. The predicted octanol–water partition coefficient (Wildman–Crippen LogP) is 3.18. The lowest BCUT2D eigenvalue weighted by molar-refractivity contribution is 0.588. The van der Waals surface area contributed by atoms with Gasteiger partial charge in [0.1, 0.15) is 5.82 Å². The van der Waals surface area contributed by atoms with Crippen LogP contribution in [0.5, 0.6) is 0 Å². The average Bonchev–Trinajstić information content (AvgIpc) is 2.93. The van der Waals surface area contributed by atoms with E-state index in [1.54, 1.807) is 22.9 Å². The summed E-state index contributed by atoms with van der Waals surface area (Å²) in [5.74, 6) is 1.28. The van der Waals surface area contributed by atoms with E-state index in [2.05, 4.69) is 34.0 Å². The van der Waals surface area contributed by atoms with E-state index in [9.17, 15) is 8.42 Å². The number of anilines is 1. The first-order valence-electron chi connectivity index (χ1n) is 8.54. The van der Waals surface area contributed by atoms with E-state index in [4.69, 9.17) is 0 Å². The van der Waals surface area contributed by atoms with Crippen molar-refractivity contribution < 1.29 is 11.3 Å². The Morgan fingerprint density at radius 2 is 2.04 bits per heavy atom. The maximum absolute atomic E-state index is 12.2. The largest absolute Gasteiger partial charge is 0.382 e. The molecule has 2 rings (SSSR count). The molecule has 0 bridgehead atoms. The fourth-order valence-electron chi connectivity index (χ4n) is 2.64. The maximum atomic E-state index is 12.2. The average molecular weight is 370 g/mol. The van der Waals surface area contributed by atoms with E-state index >= 15 is 0 Å². The second-order valence-electron chi connectivity index (χ2n) is 6.06. The molecule has 1 atom stereocenters. The molecule has 0 amide bonds. The van der Waals surface area contributed by atoms with Crippen LogP contribution in [0.1, 0.15) is 41.8 Å². The lowest BCUT2D eigenvalue weighted by Crippen LogP contribution is -2.20. The van der Waals surface area contributed by atoms with Crippen LogP contribution in [0.15, 0.2) is 23.1 Å². The van der Waals surface area contributed by atoms with Crippen LogP contribution in [0.3, 0.4) is 0 Å². The summed E-state index contributed by atoms with van der Waals surface area (Å²) < 4.78 is 28.4. The zero-order chi connectivity index (χ0) is 18.6. The molecule has 142 valence electrons. The molecular weight excluding hydrogens is 338 g/mol. The third kappa shape index (κ3) is 4.38. The van der Waals surface area contributed by atoms with Crippen molar-refractivity contribution in [3.8, 4) is 11.4 Å². The Kier molecular flexibility index (Phi) is 6.18. The molecule has 0 saturated carbocycles. The van der Waals surface area contributed by atoms with Gasteiger partial charge in [0, 0.05) is 27.2 Å². The van der Waals surface area contributed by atoms with Gasteiger partial charge in [-0.2, -0.15) is 5.10 Å². The highest BCUT2D eigenvalue weighted by molar-refractivity contribution is 7.89. The summed E-state index contributed by atoms with van der Waals surface area (Å²) in [6.07, 6.45) is 3.10. The van der Waals surface area contributed by atoms with Crippen LogP contribution in [0.2, 0.25) is 0 Å². The van der Waals surface area contributed by atoms with E-state index in [1.807, 2.05) is 14.0 Å². The molecule has 1 unspecified atom stereocenters. The highest BCUT2D eigenvalue weighted by atomic mass is 32.2. The highest BCUT2D eigenvalue weighted by Gasteiger charge is 2.19. The first-order chi connectivity index (χ1) is 11.8. The lowest BCUT2D eigenvalue weighted by Gasteiger charge is -2.20. The van der Waals surface area contributed by atoms with Crippen molar-refractivity contribution in [2.75, 3.05) is 12.4 Å². The number of nitrogens with zero attached hydrogens (tertiary/aromatic N) is 3. The van der Waals surface area contributed by atoms with E-state index < -0.39 is 10.0 Å². The smallest absolute Gasteiger partial charge is 0.240 e. The van der Waals surface area contributed by atoms with Gasteiger partial charge in [0.15, 0.2) is 5.82 Å². The standard InChI is InChI=1S/C17H27N5O2S.2H2/c1-6-8-13(7-2)20-16-10-9-14(25(23,24)18-4)11-15(16)17-19-12(3)22(5)21-17;;/h9-11,13,18,20H,6-8H2,1-5H3;2*1H. The minimum absolute atomic E-state index is 0. The Morgan fingerprint density at radius 3 is 2.56 bits per heavy atom. The molecule has 1 aromatic carbocycles. The number of nitrogens with one attached hydrogen (secondary N) is 2. The summed E-state index contributed by atoms with van der Waals surface area (Å²) in [5.41, 5.74) is 1.54. The Labute approximate surface area is 152 Å². The number of aromatic nitrogens is 3. The van der Waals surface area contributed by atoms with Gasteiger partial charge in [-0.05, 0) is 45.0 Å². The summed E-state index contributed by atoms with van der Waals surface area (Å²) >= 11 is 0. The number of benzene rings is 1. The number of rotatable bonds is 8. The Hall–Kier alpha value is -1.93. The molecule has 2 aromatic rings. The molecule has 2 N–H and O–H groups in total. The van der Waals surface area contributed by atoms with Crippen molar-refractivity contribution in [2.24, 2.45) is 7.05 Å². The number of hydrogen-bond donors (Lipinski definition) is 2. The van der Waals surface area contributed by atoms with Gasteiger partial charge in [-0.25, -0.2) is 18.1 Å². The van der Waals surface area contributed by atoms with Crippen LogP contribution in [0.25, 0.3) is 11.4 Å². The summed E-state index contributed by atoms with van der Waals surface area (Å²) in [6.45, 7) is 6.15. The summed E-state index contributed by atoms with van der Waals surface area (Å²) in [4.78, 5) is 4.66. The van der Waals surface area contributed by atoms with Gasteiger partial charge in [-0.1, -0.05) is 20.3 Å². The Balaban J connectivity index is 0.00000338. The van der Waals surface area contributed by atoms with Gasteiger partial charge in [0.2, 0.25) is 10.0 Å². The molecule has 25 heavy (non-hydrogen) atoms. The molecular formula is C17H31N5O2S. The maximum Gasteiger partial charge on any atom is 0.240 e.